The van der Waals surface area contributed by atoms with E-state index in [2.05, 4.69) is 0 Å². The minimum atomic E-state index is 0.0317. The lowest BCUT2D eigenvalue weighted by Crippen LogP contribution is -2.40. The zero-order chi connectivity index (χ0) is 21.9. The number of aliphatic imine (C=N–C) groups is 1. The van der Waals surface area contributed by atoms with Crippen molar-refractivity contribution in [1.82, 2.24) is 4.90 Å². The number of thioether (sulfide) groups is 1. The van der Waals surface area contributed by atoms with Crippen molar-refractivity contribution in [3.8, 4) is 17.2 Å². The first-order valence-electron chi connectivity index (χ1n) is 11.2. The highest BCUT2D eigenvalue weighted by Gasteiger charge is 2.38. The number of nitrogens with zero attached hydrogens (tertiary/aromatic N) is 2. The number of amides is 1. The van der Waals surface area contributed by atoms with Gasteiger partial charge in [-0.05, 0) is 79.6 Å². The lowest BCUT2D eigenvalue weighted by Gasteiger charge is -2.30. The monoisotopic (exact) mass is 450 g/mol. The summed E-state index contributed by atoms with van der Waals surface area (Å²) in [5.74, 6) is 2.30. The third kappa shape index (κ3) is 4.35. The standard InChI is InChI=1S/C25H26N2O4S/c1-2-29-20-11-9-18(10-12-20)26-25-27(19-6-4-3-5-7-19)24(28)23(32-25)15-17-8-13-21-22(14-17)31-16-30-21/h8-15,19H,2-7,16H2,1H3. The molecule has 6 nitrogen and oxygen atoms in total. The van der Waals surface area contributed by atoms with Crippen molar-refractivity contribution in [2.75, 3.05) is 13.4 Å². The molecule has 32 heavy (non-hydrogen) atoms. The molecular weight excluding hydrogens is 424 g/mol. The van der Waals surface area contributed by atoms with Crippen LogP contribution in [0.5, 0.6) is 17.2 Å². The quantitative estimate of drug-likeness (QED) is 0.543. The average Bonchev–Trinajstić information content (AvgIpc) is 3.40. The van der Waals surface area contributed by atoms with Crippen LogP contribution in [0.25, 0.3) is 6.08 Å². The number of hydrogen-bond donors (Lipinski definition) is 0. The van der Waals surface area contributed by atoms with Crippen LogP contribution in [-0.2, 0) is 4.79 Å². The molecule has 1 amide bonds. The SMILES string of the molecule is CCOc1ccc(N=C2SC(=Cc3ccc4c(c3)OCO4)C(=O)N2C2CCCCC2)cc1. The summed E-state index contributed by atoms with van der Waals surface area (Å²) >= 11 is 1.44. The Kier molecular flexibility index (Phi) is 6.08. The topological polar surface area (TPSA) is 60.4 Å². The van der Waals surface area contributed by atoms with Gasteiger partial charge in [-0.15, -0.1) is 0 Å². The van der Waals surface area contributed by atoms with Gasteiger partial charge in [0.2, 0.25) is 6.79 Å². The molecule has 1 saturated carbocycles. The largest absolute Gasteiger partial charge is 0.494 e. The van der Waals surface area contributed by atoms with E-state index in [1.165, 1.54) is 18.2 Å². The number of hydrogen-bond acceptors (Lipinski definition) is 6. The summed E-state index contributed by atoms with van der Waals surface area (Å²) in [5, 5.41) is 0.748. The number of ether oxygens (including phenoxy) is 3. The Morgan fingerprint density at radius 3 is 2.66 bits per heavy atom. The maximum absolute atomic E-state index is 13.5. The van der Waals surface area contributed by atoms with Crippen LogP contribution in [0.3, 0.4) is 0 Å². The predicted octanol–water partition coefficient (Wildman–Crippen LogP) is 5.75. The Morgan fingerprint density at radius 2 is 1.88 bits per heavy atom. The third-order valence-electron chi connectivity index (χ3n) is 5.84. The van der Waals surface area contributed by atoms with E-state index in [0.29, 0.717) is 17.3 Å². The summed E-state index contributed by atoms with van der Waals surface area (Å²) in [7, 11) is 0. The Labute approximate surface area is 192 Å². The Morgan fingerprint density at radius 1 is 1.09 bits per heavy atom. The van der Waals surface area contributed by atoms with Crippen LogP contribution in [-0.4, -0.2) is 35.4 Å². The van der Waals surface area contributed by atoms with Gasteiger partial charge in [0.15, 0.2) is 16.7 Å². The van der Waals surface area contributed by atoms with Crippen molar-refractivity contribution in [3.05, 3.63) is 52.9 Å². The van der Waals surface area contributed by atoms with E-state index in [4.69, 9.17) is 19.2 Å². The van der Waals surface area contributed by atoms with Crippen molar-refractivity contribution in [2.24, 2.45) is 4.99 Å². The van der Waals surface area contributed by atoms with E-state index in [0.717, 1.165) is 53.6 Å². The lowest BCUT2D eigenvalue weighted by molar-refractivity contribution is -0.124. The first kappa shape index (κ1) is 20.9. The zero-order valence-corrected chi connectivity index (χ0v) is 18.9. The summed E-state index contributed by atoms with van der Waals surface area (Å²) in [6.45, 7) is 2.82. The van der Waals surface area contributed by atoms with E-state index in [1.54, 1.807) is 0 Å². The molecule has 0 spiro atoms. The van der Waals surface area contributed by atoms with Gasteiger partial charge in [-0.1, -0.05) is 25.3 Å². The van der Waals surface area contributed by atoms with Crippen molar-refractivity contribution < 1.29 is 19.0 Å². The van der Waals surface area contributed by atoms with Gasteiger partial charge in [0, 0.05) is 6.04 Å². The van der Waals surface area contributed by atoms with Crippen LogP contribution in [0.4, 0.5) is 5.69 Å². The van der Waals surface area contributed by atoms with Gasteiger partial charge < -0.3 is 14.2 Å². The number of carbonyl (C=O) groups is 1. The fraction of sp³-hybridized carbons (Fsp3) is 0.360. The van der Waals surface area contributed by atoms with Gasteiger partial charge in [0.25, 0.3) is 5.91 Å². The number of benzene rings is 2. The van der Waals surface area contributed by atoms with Crippen molar-refractivity contribution in [2.45, 2.75) is 45.1 Å². The van der Waals surface area contributed by atoms with Gasteiger partial charge in [0.05, 0.1) is 17.2 Å². The summed E-state index contributed by atoms with van der Waals surface area (Å²) in [6, 6.07) is 13.6. The van der Waals surface area contributed by atoms with Crippen LogP contribution < -0.4 is 14.2 Å². The van der Waals surface area contributed by atoms with E-state index >= 15 is 0 Å². The Bertz CT molecular complexity index is 1060. The minimum Gasteiger partial charge on any atom is -0.494 e. The Balaban J connectivity index is 1.46. The van der Waals surface area contributed by atoms with Gasteiger partial charge >= 0.3 is 0 Å². The molecule has 2 aromatic rings. The number of fused-ring (bicyclic) bond motifs is 1. The molecule has 2 fully saturated rings. The summed E-state index contributed by atoms with van der Waals surface area (Å²) in [5.41, 5.74) is 1.73. The van der Waals surface area contributed by atoms with E-state index in [9.17, 15) is 4.79 Å². The molecule has 2 heterocycles. The van der Waals surface area contributed by atoms with Crippen LogP contribution in [0.1, 0.15) is 44.6 Å². The molecule has 166 valence electrons. The van der Waals surface area contributed by atoms with Crippen LogP contribution in [0.15, 0.2) is 52.4 Å². The fourth-order valence-corrected chi connectivity index (χ4v) is 5.33. The molecule has 2 aliphatic heterocycles. The van der Waals surface area contributed by atoms with Gasteiger partial charge in [-0.25, -0.2) is 4.99 Å². The molecule has 0 radical (unpaired) electrons. The molecule has 1 aliphatic carbocycles. The van der Waals surface area contributed by atoms with Gasteiger partial charge in [0.1, 0.15) is 5.75 Å². The molecule has 1 saturated heterocycles. The molecule has 3 aliphatic rings. The second-order valence-corrected chi connectivity index (χ2v) is 9.02. The molecule has 0 bridgehead atoms. The highest BCUT2D eigenvalue weighted by atomic mass is 32.2. The molecule has 0 aromatic heterocycles. The van der Waals surface area contributed by atoms with Crippen LogP contribution >= 0.6 is 11.8 Å². The molecule has 0 N–H and O–H groups in total. The molecule has 0 unspecified atom stereocenters. The maximum Gasteiger partial charge on any atom is 0.267 e. The number of rotatable bonds is 5. The van der Waals surface area contributed by atoms with Crippen molar-refractivity contribution >= 4 is 34.6 Å². The normalized spacial score (nSPS) is 21.0. The van der Waals surface area contributed by atoms with E-state index in [-0.39, 0.29) is 18.7 Å². The smallest absolute Gasteiger partial charge is 0.267 e. The second-order valence-electron chi connectivity index (χ2n) is 8.01. The first-order valence-corrected chi connectivity index (χ1v) is 12.0. The Hall–Kier alpha value is -2.93. The van der Waals surface area contributed by atoms with Gasteiger partial charge in [-0.3, -0.25) is 9.69 Å². The fourth-order valence-electron chi connectivity index (χ4n) is 4.27. The van der Waals surface area contributed by atoms with Crippen LogP contribution in [0, 0.1) is 0 Å². The molecule has 5 rings (SSSR count). The highest BCUT2D eigenvalue weighted by Crippen LogP contribution is 2.40. The third-order valence-corrected chi connectivity index (χ3v) is 6.83. The summed E-state index contributed by atoms with van der Waals surface area (Å²) in [6.07, 6.45) is 7.49. The van der Waals surface area contributed by atoms with E-state index in [1.807, 2.05) is 60.4 Å². The first-order chi connectivity index (χ1) is 15.7. The number of carbonyl (C=O) groups excluding carboxylic acids is 1. The second kappa shape index (κ2) is 9.28. The predicted molar refractivity (Wildman–Crippen MR) is 127 cm³/mol. The summed E-state index contributed by atoms with van der Waals surface area (Å²) in [4.78, 5) is 20.9. The van der Waals surface area contributed by atoms with Crippen molar-refractivity contribution in [3.63, 3.8) is 0 Å². The lowest BCUT2D eigenvalue weighted by atomic mass is 9.94. The zero-order valence-electron chi connectivity index (χ0n) is 18.1. The number of amidine groups is 1. The average molecular weight is 451 g/mol. The molecule has 0 atom stereocenters. The molecule has 7 heteroatoms. The van der Waals surface area contributed by atoms with E-state index < -0.39 is 0 Å². The maximum atomic E-state index is 13.5. The summed E-state index contributed by atoms with van der Waals surface area (Å²) < 4.78 is 16.4. The molecular formula is C25H26N2O4S. The van der Waals surface area contributed by atoms with Crippen LogP contribution in [0.2, 0.25) is 0 Å². The highest BCUT2D eigenvalue weighted by molar-refractivity contribution is 8.18. The minimum absolute atomic E-state index is 0.0317. The van der Waals surface area contributed by atoms with Crippen molar-refractivity contribution in [1.29, 1.82) is 0 Å². The van der Waals surface area contributed by atoms with Gasteiger partial charge in [-0.2, -0.15) is 0 Å². The molecule has 2 aromatic carbocycles.